The topological polar surface area (TPSA) is 48.1 Å². The fraction of sp³-hybridized carbons (Fsp3) is 0. The molecule has 6 heteroatoms. The molecule has 2 rings (SSSR count). The summed E-state index contributed by atoms with van der Waals surface area (Å²) >= 11 is 9.13. The molecule has 0 spiro atoms. The number of nitrogens with two attached hydrogens (primary N) is 1. The molecule has 0 aliphatic heterocycles. The average molecular weight is 318 g/mol. The molecule has 1 heterocycles. The molecule has 17 heavy (non-hydrogen) atoms. The van der Waals surface area contributed by atoms with Gasteiger partial charge >= 0.3 is 0 Å². The molecule has 0 aliphatic carbocycles. The molecule has 0 amide bonds. The molecule has 0 saturated carbocycles. The van der Waals surface area contributed by atoms with E-state index in [1.165, 1.54) is 30.5 Å². The predicted molar refractivity (Wildman–Crippen MR) is 67.8 cm³/mol. The van der Waals surface area contributed by atoms with Gasteiger partial charge in [0.2, 0.25) is 5.88 Å². The minimum atomic E-state index is -0.408. The van der Waals surface area contributed by atoms with Crippen LogP contribution in [0.5, 0.6) is 11.6 Å². The van der Waals surface area contributed by atoms with Crippen LogP contribution in [0.3, 0.4) is 0 Å². The minimum absolute atomic E-state index is 0.173. The molecule has 0 bridgehead atoms. The fourth-order valence-electron chi connectivity index (χ4n) is 1.17. The Morgan fingerprint density at radius 1 is 1.35 bits per heavy atom. The van der Waals surface area contributed by atoms with E-state index in [0.717, 1.165) is 0 Å². The number of benzene rings is 1. The highest BCUT2D eigenvalue weighted by atomic mass is 79.9. The highest BCUT2D eigenvalue weighted by molar-refractivity contribution is 9.10. The van der Waals surface area contributed by atoms with Crippen LogP contribution in [0.25, 0.3) is 0 Å². The fourth-order valence-corrected chi connectivity index (χ4v) is 1.72. The Hall–Kier alpha value is -1.33. The summed E-state index contributed by atoms with van der Waals surface area (Å²) in [4.78, 5) is 3.92. The molecular weight excluding hydrogens is 310 g/mol. The standard InChI is InChI=1S/C11H7BrClFN2O/c12-8-2-1-6(14)3-10(8)17-11-9(13)4-7(15)5-16-11/h1-5H,15H2. The van der Waals surface area contributed by atoms with Crippen LogP contribution in [-0.4, -0.2) is 4.98 Å². The number of hydrogen-bond donors (Lipinski definition) is 1. The van der Waals surface area contributed by atoms with E-state index >= 15 is 0 Å². The lowest BCUT2D eigenvalue weighted by atomic mass is 10.3. The van der Waals surface area contributed by atoms with Crippen LogP contribution in [0, 0.1) is 5.82 Å². The second-order valence-corrected chi connectivity index (χ2v) is 4.49. The molecule has 1 aromatic heterocycles. The maximum absolute atomic E-state index is 13.0. The number of nitrogen functional groups attached to an aromatic ring is 1. The summed E-state index contributed by atoms with van der Waals surface area (Å²) in [5, 5.41) is 0.265. The zero-order valence-electron chi connectivity index (χ0n) is 8.45. The lowest BCUT2D eigenvalue weighted by Crippen LogP contribution is -1.93. The van der Waals surface area contributed by atoms with Gasteiger partial charge in [-0.1, -0.05) is 11.6 Å². The number of halogens is 3. The lowest BCUT2D eigenvalue weighted by Gasteiger charge is -2.08. The molecule has 2 aromatic rings. The number of ether oxygens (including phenoxy) is 1. The van der Waals surface area contributed by atoms with E-state index in [9.17, 15) is 4.39 Å². The maximum atomic E-state index is 13.0. The van der Waals surface area contributed by atoms with Crippen LogP contribution in [0.4, 0.5) is 10.1 Å². The quantitative estimate of drug-likeness (QED) is 0.910. The van der Waals surface area contributed by atoms with Gasteiger partial charge in [0.1, 0.15) is 16.6 Å². The highest BCUT2D eigenvalue weighted by Gasteiger charge is 2.09. The first-order valence-corrected chi connectivity index (χ1v) is 5.77. The minimum Gasteiger partial charge on any atom is -0.436 e. The van der Waals surface area contributed by atoms with Crippen LogP contribution in [-0.2, 0) is 0 Å². The zero-order chi connectivity index (χ0) is 12.4. The normalized spacial score (nSPS) is 10.3. The number of hydrogen-bond acceptors (Lipinski definition) is 3. The number of rotatable bonds is 2. The van der Waals surface area contributed by atoms with E-state index in [-0.39, 0.29) is 10.9 Å². The van der Waals surface area contributed by atoms with Gasteiger partial charge in [-0.05, 0) is 34.1 Å². The van der Waals surface area contributed by atoms with Gasteiger partial charge in [0, 0.05) is 6.07 Å². The van der Waals surface area contributed by atoms with Crippen molar-refractivity contribution in [3.63, 3.8) is 0 Å². The second-order valence-electron chi connectivity index (χ2n) is 3.23. The average Bonchev–Trinajstić information content (AvgIpc) is 2.27. The smallest absolute Gasteiger partial charge is 0.238 e. The maximum Gasteiger partial charge on any atom is 0.238 e. The van der Waals surface area contributed by atoms with Gasteiger partial charge in [-0.2, -0.15) is 0 Å². The first-order chi connectivity index (χ1) is 8.06. The highest BCUT2D eigenvalue weighted by Crippen LogP contribution is 2.33. The molecule has 0 aliphatic rings. The number of anilines is 1. The van der Waals surface area contributed by atoms with Crippen LogP contribution in [0.15, 0.2) is 34.9 Å². The SMILES string of the molecule is Nc1cnc(Oc2cc(F)ccc2Br)c(Cl)c1. The Balaban J connectivity index is 2.34. The van der Waals surface area contributed by atoms with Crippen molar-refractivity contribution in [3.8, 4) is 11.6 Å². The molecule has 3 nitrogen and oxygen atoms in total. The largest absolute Gasteiger partial charge is 0.436 e. The third-order valence-electron chi connectivity index (χ3n) is 1.93. The van der Waals surface area contributed by atoms with E-state index < -0.39 is 5.82 Å². The van der Waals surface area contributed by atoms with Gasteiger partial charge in [-0.15, -0.1) is 0 Å². The zero-order valence-corrected chi connectivity index (χ0v) is 10.8. The Morgan fingerprint density at radius 2 is 2.12 bits per heavy atom. The summed E-state index contributed by atoms with van der Waals surface area (Å²) < 4.78 is 19.0. The summed E-state index contributed by atoms with van der Waals surface area (Å²) in [6.45, 7) is 0. The lowest BCUT2D eigenvalue weighted by molar-refractivity contribution is 0.455. The monoisotopic (exact) mass is 316 g/mol. The van der Waals surface area contributed by atoms with E-state index in [2.05, 4.69) is 20.9 Å². The van der Waals surface area contributed by atoms with E-state index in [1.54, 1.807) is 0 Å². The van der Waals surface area contributed by atoms with Crippen LogP contribution < -0.4 is 10.5 Å². The third kappa shape index (κ3) is 2.87. The summed E-state index contributed by atoms with van der Waals surface area (Å²) in [6, 6.07) is 5.60. The third-order valence-corrected chi connectivity index (χ3v) is 2.85. The van der Waals surface area contributed by atoms with E-state index in [1.807, 2.05) is 0 Å². The Kier molecular flexibility index (Phi) is 3.49. The van der Waals surface area contributed by atoms with Crippen LogP contribution in [0.1, 0.15) is 0 Å². The molecule has 1 aromatic carbocycles. The first-order valence-electron chi connectivity index (χ1n) is 4.60. The summed E-state index contributed by atoms with van der Waals surface area (Å²) in [7, 11) is 0. The van der Waals surface area contributed by atoms with Crippen molar-refractivity contribution in [2.45, 2.75) is 0 Å². The van der Waals surface area contributed by atoms with Gasteiger partial charge in [0.05, 0.1) is 16.4 Å². The number of pyridine rings is 1. The van der Waals surface area contributed by atoms with Crippen molar-refractivity contribution in [1.82, 2.24) is 4.98 Å². The first kappa shape index (κ1) is 12.1. The molecule has 2 N–H and O–H groups in total. The molecule has 0 unspecified atom stereocenters. The van der Waals surface area contributed by atoms with Gasteiger partial charge in [-0.3, -0.25) is 0 Å². The predicted octanol–water partition coefficient (Wildman–Crippen LogP) is 4.01. The van der Waals surface area contributed by atoms with Gasteiger partial charge in [0.25, 0.3) is 0 Å². The number of nitrogens with zero attached hydrogens (tertiary/aromatic N) is 1. The molecule has 0 saturated heterocycles. The van der Waals surface area contributed by atoms with E-state index in [0.29, 0.717) is 15.9 Å². The molecule has 0 fully saturated rings. The van der Waals surface area contributed by atoms with Crippen LogP contribution in [0.2, 0.25) is 5.02 Å². The molecule has 88 valence electrons. The van der Waals surface area contributed by atoms with Crippen LogP contribution >= 0.6 is 27.5 Å². The van der Waals surface area contributed by atoms with Crippen molar-refractivity contribution >= 4 is 33.2 Å². The van der Waals surface area contributed by atoms with Crippen molar-refractivity contribution in [2.75, 3.05) is 5.73 Å². The number of aromatic nitrogens is 1. The summed E-state index contributed by atoms with van der Waals surface area (Å²) in [5.74, 6) is 0.0612. The van der Waals surface area contributed by atoms with Crippen molar-refractivity contribution < 1.29 is 9.13 Å². The Bertz CT molecular complexity index is 565. The molecular formula is C11H7BrClFN2O. The Labute approximate surface area is 110 Å². The van der Waals surface area contributed by atoms with Crippen molar-refractivity contribution in [3.05, 3.63) is 45.8 Å². The molecule has 0 atom stereocenters. The van der Waals surface area contributed by atoms with Crippen molar-refractivity contribution in [2.24, 2.45) is 0 Å². The van der Waals surface area contributed by atoms with Gasteiger partial charge in [-0.25, -0.2) is 9.37 Å². The van der Waals surface area contributed by atoms with E-state index in [4.69, 9.17) is 22.1 Å². The molecule has 0 radical (unpaired) electrons. The Morgan fingerprint density at radius 3 is 2.82 bits per heavy atom. The van der Waals surface area contributed by atoms with Gasteiger partial charge in [0.15, 0.2) is 0 Å². The van der Waals surface area contributed by atoms with Gasteiger partial charge < -0.3 is 10.5 Å². The summed E-state index contributed by atoms with van der Waals surface area (Å²) in [5.41, 5.74) is 5.93. The summed E-state index contributed by atoms with van der Waals surface area (Å²) in [6.07, 6.45) is 1.41. The van der Waals surface area contributed by atoms with Crippen molar-refractivity contribution in [1.29, 1.82) is 0 Å². The second kappa shape index (κ2) is 4.89.